The van der Waals surface area contributed by atoms with Gasteiger partial charge in [0.25, 0.3) is 0 Å². The van der Waals surface area contributed by atoms with E-state index in [1.807, 2.05) is 18.2 Å². The van der Waals surface area contributed by atoms with E-state index < -0.39 is 0 Å². The summed E-state index contributed by atoms with van der Waals surface area (Å²) in [5.41, 5.74) is 2.08. The Morgan fingerprint density at radius 3 is 3.04 bits per heavy atom. The van der Waals surface area contributed by atoms with Crippen LogP contribution in [-0.4, -0.2) is 49.5 Å². The van der Waals surface area contributed by atoms with Crippen LogP contribution in [0.25, 0.3) is 11.2 Å². The van der Waals surface area contributed by atoms with Gasteiger partial charge in [-0.2, -0.15) is 0 Å². The Morgan fingerprint density at radius 2 is 2.23 bits per heavy atom. The van der Waals surface area contributed by atoms with E-state index in [0.29, 0.717) is 33.9 Å². The Bertz CT molecular complexity index is 1050. The number of H-pyrrole nitrogens is 1. The van der Waals surface area contributed by atoms with Gasteiger partial charge in [-0.1, -0.05) is 0 Å². The average Bonchev–Trinajstić information content (AvgIpc) is 3.13. The summed E-state index contributed by atoms with van der Waals surface area (Å²) in [5, 5.41) is 9.38. The normalized spacial score (nSPS) is 17.4. The predicted octanol–water partition coefficient (Wildman–Crippen LogP) is 1.06. The Labute approximate surface area is 159 Å². The van der Waals surface area contributed by atoms with Crippen molar-refractivity contribution in [3.05, 3.63) is 52.1 Å². The number of nitrogens with zero attached hydrogens (tertiary/aromatic N) is 5. The zero-order chi connectivity index (χ0) is 18.1. The van der Waals surface area contributed by atoms with Crippen LogP contribution in [0, 0.1) is 11.3 Å². The summed E-state index contributed by atoms with van der Waals surface area (Å²) in [6, 6.07) is 9.57. The second kappa shape index (κ2) is 6.97. The molecule has 1 aliphatic rings. The van der Waals surface area contributed by atoms with Crippen molar-refractivity contribution in [2.75, 3.05) is 18.0 Å². The molecule has 0 amide bonds. The third-order valence-electron chi connectivity index (χ3n) is 4.73. The zero-order valence-corrected chi connectivity index (χ0v) is 16.6. The van der Waals surface area contributed by atoms with E-state index in [-0.39, 0.29) is 5.56 Å². The second-order valence-corrected chi connectivity index (χ2v) is 8.50. The topological polar surface area (TPSA) is 90.6 Å². The van der Waals surface area contributed by atoms with Crippen molar-refractivity contribution in [3.8, 4) is 6.07 Å². The third-order valence-corrected chi connectivity index (χ3v) is 5.87. The molecule has 0 spiro atoms. The van der Waals surface area contributed by atoms with E-state index in [1.54, 1.807) is 27.5 Å². The molecule has 1 N–H and O–H groups in total. The van der Waals surface area contributed by atoms with E-state index in [9.17, 15) is 10.1 Å². The summed E-state index contributed by atoms with van der Waals surface area (Å²) < 4.78 is 2.28. The molecule has 1 saturated heterocycles. The number of aromatic amines is 1. The Morgan fingerprint density at radius 1 is 1.38 bits per heavy atom. The van der Waals surface area contributed by atoms with Crippen molar-refractivity contribution >= 4 is 34.0 Å². The predicted molar refractivity (Wildman–Crippen MR) is 102 cm³/mol. The molecule has 7 nitrogen and oxygen atoms in total. The van der Waals surface area contributed by atoms with E-state index >= 15 is 0 Å². The first kappa shape index (κ1) is 16.9. The Balaban J connectivity index is 1.86. The van der Waals surface area contributed by atoms with Gasteiger partial charge in [-0.05, 0) is 0 Å². The van der Waals surface area contributed by atoms with E-state index in [4.69, 9.17) is 0 Å². The number of hydrogen-bond donors (Lipinski definition) is 1. The summed E-state index contributed by atoms with van der Waals surface area (Å²) in [5.74, 6) is 0.643. The molecule has 1 fully saturated rings. The van der Waals surface area contributed by atoms with Gasteiger partial charge in [0.2, 0.25) is 0 Å². The number of piperidine rings is 1. The van der Waals surface area contributed by atoms with Gasteiger partial charge in [-0.25, -0.2) is 0 Å². The third kappa shape index (κ3) is 3.02. The first-order valence-electron chi connectivity index (χ1n) is 8.60. The Hall–Kier alpha value is -2.58. The van der Waals surface area contributed by atoms with Gasteiger partial charge in [0, 0.05) is 0 Å². The van der Waals surface area contributed by atoms with Gasteiger partial charge in [-0.3, -0.25) is 0 Å². The van der Waals surface area contributed by atoms with Crippen molar-refractivity contribution in [2.24, 2.45) is 0 Å². The average molecular weight is 410 g/mol. The Kier molecular flexibility index (Phi) is 4.52. The molecular weight excluding hydrogens is 391 g/mol. The van der Waals surface area contributed by atoms with Crippen LogP contribution in [0.15, 0.2) is 35.4 Å². The number of rotatable bonds is 3. The van der Waals surface area contributed by atoms with Gasteiger partial charge >= 0.3 is 159 Å². The fourth-order valence-corrected chi connectivity index (χ4v) is 4.45. The molecule has 0 bridgehead atoms. The minimum atomic E-state index is -0.154. The molecule has 1 aromatic carbocycles. The molecule has 3 aromatic rings. The minimum absolute atomic E-state index is 0.154. The standard InChI is InChI=1S/C18H19AsN6O/c19-14-6-3-7-24(10-14)18-23-16-15(21-11-22-16)17(26)25(18)9-13-5-2-1-4-12(13)8-20/h1-2,4-5,11,14H,3,6-7,9-10,19H2,(H,21,22)/t14-/m1/s1. The number of hydrogen-bond acceptors (Lipinski definition) is 5. The van der Waals surface area contributed by atoms with Crippen LogP contribution in [0.2, 0.25) is 4.71 Å². The first-order chi connectivity index (χ1) is 12.7. The molecule has 4 rings (SSSR count). The van der Waals surface area contributed by atoms with Crippen molar-refractivity contribution in [3.63, 3.8) is 0 Å². The molecule has 1 aliphatic heterocycles. The number of anilines is 1. The van der Waals surface area contributed by atoms with Crippen LogP contribution in [-0.2, 0) is 6.54 Å². The molecule has 0 radical (unpaired) electrons. The van der Waals surface area contributed by atoms with Gasteiger partial charge in [0.1, 0.15) is 0 Å². The molecular formula is C18H19AsN6O. The fraction of sp³-hybridized carbons (Fsp3) is 0.333. The van der Waals surface area contributed by atoms with Crippen LogP contribution in [0.4, 0.5) is 5.95 Å². The van der Waals surface area contributed by atoms with Crippen LogP contribution >= 0.6 is 0 Å². The summed E-state index contributed by atoms with van der Waals surface area (Å²) >= 11 is 1.73. The first-order valence-corrected chi connectivity index (χ1v) is 9.99. The fourth-order valence-electron chi connectivity index (χ4n) is 3.42. The van der Waals surface area contributed by atoms with Crippen molar-refractivity contribution in [1.29, 1.82) is 5.26 Å². The van der Waals surface area contributed by atoms with Crippen molar-refractivity contribution in [1.82, 2.24) is 19.5 Å². The van der Waals surface area contributed by atoms with Gasteiger partial charge in [0.05, 0.1) is 0 Å². The molecule has 8 heteroatoms. The van der Waals surface area contributed by atoms with Gasteiger partial charge in [0.15, 0.2) is 0 Å². The monoisotopic (exact) mass is 410 g/mol. The molecule has 2 aromatic heterocycles. The van der Waals surface area contributed by atoms with Gasteiger partial charge in [-0.15, -0.1) is 0 Å². The molecule has 0 saturated carbocycles. The van der Waals surface area contributed by atoms with E-state index in [1.165, 1.54) is 12.7 Å². The number of imidazole rings is 1. The molecule has 132 valence electrons. The molecule has 26 heavy (non-hydrogen) atoms. The number of fused-ring (bicyclic) bond motifs is 1. The summed E-state index contributed by atoms with van der Waals surface area (Å²) in [6.07, 6.45) is 3.80. The zero-order valence-electron chi connectivity index (χ0n) is 14.2. The quantitative estimate of drug-likeness (QED) is 0.653. The van der Waals surface area contributed by atoms with Crippen molar-refractivity contribution < 1.29 is 0 Å². The summed E-state index contributed by atoms with van der Waals surface area (Å²) in [4.78, 5) is 27.0. The molecule has 0 aliphatic carbocycles. The number of aromatic nitrogens is 4. The molecule has 1 unspecified atom stereocenters. The maximum atomic E-state index is 13.1. The van der Waals surface area contributed by atoms with Crippen molar-refractivity contribution in [2.45, 2.75) is 24.1 Å². The van der Waals surface area contributed by atoms with Crippen LogP contribution < -0.4 is 10.5 Å². The van der Waals surface area contributed by atoms with E-state index in [2.05, 4.69) is 25.9 Å². The van der Waals surface area contributed by atoms with Crippen LogP contribution in [0.5, 0.6) is 0 Å². The van der Waals surface area contributed by atoms with Crippen LogP contribution in [0.1, 0.15) is 24.0 Å². The SMILES string of the molecule is N#Cc1ccccc1Cn1c(N2CCC[C@@H]([AsH2])C2)nc2nc[nH]c2c1=O. The van der Waals surface area contributed by atoms with Gasteiger partial charge < -0.3 is 0 Å². The number of nitriles is 1. The number of nitrogens with one attached hydrogen (secondary N) is 1. The van der Waals surface area contributed by atoms with E-state index in [0.717, 1.165) is 25.1 Å². The molecule has 2 atom stereocenters. The second-order valence-electron chi connectivity index (χ2n) is 6.52. The number of benzene rings is 1. The summed E-state index contributed by atoms with van der Waals surface area (Å²) in [7, 11) is 0. The maximum absolute atomic E-state index is 13.1. The summed E-state index contributed by atoms with van der Waals surface area (Å²) in [6.45, 7) is 2.08. The molecule has 3 heterocycles. The van der Waals surface area contributed by atoms with Crippen LogP contribution in [0.3, 0.4) is 0 Å².